The summed E-state index contributed by atoms with van der Waals surface area (Å²) in [6, 6.07) is 1.66. The van der Waals surface area contributed by atoms with Gasteiger partial charge in [0.25, 0.3) is 0 Å². The van der Waals surface area contributed by atoms with Gasteiger partial charge < -0.3 is 14.6 Å². The lowest BCUT2D eigenvalue weighted by molar-refractivity contribution is -0.150. The first kappa shape index (κ1) is 17.5. The van der Waals surface area contributed by atoms with E-state index in [4.69, 9.17) is 0 Å². The summed E-state index contributed by atoms with van der Waals surface area (Å²) in [5, 5.41) is 14.7. The molecular weight excluding hydrogens is 339 g/mol. The normalized spacial score (nSPS) is 16.0. The zero-order chi connectivity index (χ0) is 18.2. The number of aliphatic hydroxyl groups excluding tert-OH is 1. The fraction of sp³-hybridized carbons (Fsp3) is 0.533. The summed E-state index contributed by atoms with van der Waals surface area (Å²) in [5.41, 5.74) is 1.07. The molecule has 7 nitrogen and oxygen atoms in total. The number of halogens is 3. The van der Waals surface area contributed by atoms with Crippen molar-refractivity contribution in [3.05, 3.63) is 35.7 Å². The minimum atomic E-state index is -4.34. The van der Waals surface area contributed by atoms with Crippen LogP contribution in [0.2, 0.25) is 0 Å². The van der Waals surface area contributed by atoms with E-state index in [1.165, 1.54) is 4.90 Å². The van der Waals surface area contributed by atoms with Crippen molar-refractivity contribution in [1.82, 2.24) is 24.2 Å². The Morgan fingerprint density at radius 1 is 1.40 bits per heavy atom. The number of aliphatic hydroxyl groups is 1. The molecule has 10 heteroatoms. The Hall–Kier alpha value is -2.36. The van der Waals surface area contributed by atoms with Crippen molar-refractivity contribution >= 4 is 5.91 Å². The molecule has 0 aromatic carbocycles. The van der Waals surface area contributed by atoms with Gasteiger partial charge in [0.1, 0.15) is 5.82 Å². The van der Waals surface area contributed by atoms with Gasteiger partial charge >= 0.3 is 6.18 Å². The van der Waals surface area contributed by atoms with Crippen molar-refractivity contribution in [2.24, 2.45) is 7.05 Å². The molecule has 1 aliphatic heterocycles. The Morgan fingerprint density at radius 2 is 2.16 bits per heavy atom. The van der Waals surface area contributed by atoms with E-state index in [9.17, 15) is 23.1 Å². The number of fused-ring (bicyclic) bond motifs is 1. The van der Waals surface area contributed by atoms with Crippen molar-refractivity contribution in [2.45, 2.75) is 38.2 Å². The minimum Gasteiger partial charge on any atom is -0.379 e. The van der Waals surface area contributed by atoms with Crippen LogP contribution in [0.3, 0.4) is 0 Å². The van der Waals surface area contributed by atoms with E-state index < -0.39 is 31.0 Å². The molecule has 2 aromatic rings. The average Bonchev–Trinajstić information content (AvgIpc) is 3.16. The first-order valence-electron chi connectivity index (χ1n) is 7.81. The maximum Gasteiger partial charge on any atom is 0.389 e. The number of rotatable bonds is 4. The van der Waals surface area contributed by atoms with Gasteiger partial charge in [-0.15, -0.1) is 0 Å². The van der Waals surface area contributed by atoms with Crippen LogP contribution in [0.25, 0.3) is 0 Å². The SMILES string of the molecule is Cn1ccnc1[C@H](O)c1cc2n(n1)CCN(C(=O)CCC(F)(F)F)C2. The smallest absolute Gasteiger partial charge is 0.379 e. The molecule has 3 rings (SSSR count). The van der Waals surface area contributed by atoms with Crippen LogP contribution in [0.15, 0.2) is 18.5 Å². The summed E-state index contributed by atoms with van der Waals surface area (Å²) >= 11 is 0. The van der Waals surface area contributed by atoms with Crippen molar-refractivity contribution in [2.75, 3.05) is 6.54 Å². The molecule has 2 aromatic heterocycles. The van der Waals surface area contributed by atoms with Crippen molar-refractivity contribution < 1.29 is 23.1 Å². The van der Waals surface area contributed by atoms with Crippen molar-refractivity contribution in [3.8, 4) is 0 Å². The van der Waals surface area contributed by atoms with E-state index in [0.29, 0.717) is 30.3 Å². The van der Waals surface area contributed by atoms with Crippen LogP contribution in [-0.4, -0.2) is 48.0 Å². The number of carbonyl (C=O) groups excluding carboxylic acids is 1. The van der Waals surface area contributed by atoms with E-state index in [1.807, 2.05) is 0 Å². The third-order valence-corrected chi connectivity index (χ3v) is 4.18. The molecule has 136 valence electrons. The molecular formula is C15H18F3N5O2. The van der Waals surface area contributed by atoms with Gasteiger partial charge in [-0.05, 0) is 6.07 Å². The molecule has 0 spiro atoms. The second-order valence-electron chi connectivity index (χ2n) is 6.01. The van der Waals surface area contributed by atoms with Crippen molar-refractivity contribution in [1.29, 1.82) is 0 Å². The van der Waals surface area contributed by atoms with Crippen LogP contribution in [0.4, 0.5) is 13.2 Å². The number of alkyl halides is 3. The highest BCUT2D eigenvalue weighted by molar-refractivity contribution is 5.76. The van der Waals surface area contributed by atoms with Crippen LogP contribution in [0, 0.1) is 0 Å². The van der Waals surface area contributed by atoms with Gasteiger partial charge in [0.05, 0.1) is 30.9 Å². The molecule has 0 fully saturated rings. The molecule has 0 unspecified atom stereocenters. The Kier molecular flexibility index (Phi) is 4.55. The fourth-order valence-electron chi connectivity index (χ4n) is 2.81. The van der Waals surface area contributed by atoms with Crippen LogP contribution in [0.5, 0.6) is 0 Å². The number of imidazole rings is 1. The highest BCUT2D eigenvalue weighted by Gasteiger charge is 2.31. The number of hydrogen-bond donors (Lipinski definition) is 1. The Bertz CT molecular complexity index is 768. The van der Waals surface area contributed by atoms with E-state index in [0.717, 1.165) is 0 Å². The lowest BCUT2D eigenvalue weighted by atomic mass is 10.2. The predicted octanol–water partition coefficient (Wildman–Crippen LogP) is 1.38. The van der Waals surface area contributed by atoms with Crippen molar-refractivity contribution in [3.63, 3.8) is 0 Å². The summed E-state index contributed by atoms with van der Waals surface area (Å²) in [6.07, 6.45) is -3.75. The quantitative estimate of drug-likeness (QED) is 0.897. The largest absolute Gasteiger partial charge is 0.389 e. The lowest BCUT2D eigenvalue weighted by Gasteiger charge is -2.27. The zero-order valence-corrected chi connectivity index (χ0v) is 13.6. The van der Waals surface area contributed by atoms with Gasteiger partial charge in [-0.3, -0.25) is 9.48 Å². The lowest BCUT2D eigenvalue weighted by Crippen LogP contribution is -2.38. The molecule has 1 aliphatic rings. The molecule has 1 amide bonds. The van der Waals surface area contributed by atoms with Gasteiger partial charge in [-0.25, -0.2) is 4.98 Å². The number of amides is 1. The van der Waals surface area contributed by atoms with E-state index >= 15 is 0 Å². The maximum absolute atomic E-state index is 12.3. The molecule has 25 heavy (non-hydrogen) atoms. The topological polar surface area (TPSA) is 76.2 Å². The standard InChI is InChI=1S/C15H18F3N5O2/c1-21-5-4-19-14(21)13(25)11-8-10-9-22(6-7-23(10)20-11)12(24)2-3-15(16,17)18/h4-5,8,13,25H,2-3,6-7,9H2,1H3/t13-/m1/s1. The zero-order valence-electron chi connectivity index (χ0n) is 13.6. The van der Waals surface area contributed by atoms with Gasteiger partial charge in [0.15, 0.2) is 6.10 Å². The minimum absolute atomic E-state index is 0.178. The number of carbonyl (C=O) groups is 1. The molecule has 1 atom stereocenters. The molecule has 3 heterocycles. The fourth-order valence-corrected chi connectivity index (χ4v) is 2.81. The van der Waals surface area contributed by atoms with Gasteiger partial charge in [0.2, 0.25) is 5.91 Å². The molecule has 0 aliphatic carbocycles. The number of hydrogen-bond acceptors (Lipinski definition) is 4. The second kappa shape index (κ2) is 6.51. The summed E-state index contributed by atoms with van der Waals surface area (Å²) in [5.74, 6) is -0.0930. The van der Waals surface area contributed by atoms with Crippen LogP contribution in [-0.2, 0) is 24.9 Å². The summed E-state index contributed by atoms with van der Waals surface area (Å²) < 4.78 is 40.1. The Labute approximate surface area is 141 Å². The van der Waals surface area contributed by atoms with E-state index in [-0.39, 0.29) is 6.54 Å². The first-order chi connectivity index (χ1) is 11.7. The highest BCUT2D eigenvalue weighted by Crippen LogP contribution is 2.25. The van der Waals surface area contributed by atoms with Crippen LogP contribution >= 0.6 is 0 Å². The number of aromatic nitrogens is 4. The maximum atomic E-state index is 12.3. The van der Waals surface area contributed by atoms with E-state index in [1.54, 1.807) is 34.8 Å². The van der Waals surface area contributed by atoms with Crippen LogP contribution in [0.1, 0.15) is 36.2 Å². The molecule has 0 saturated carbocycles. The summed E-state index contributed by atoms with van der Waals surface area (Å²) in [6.45, 7) is 0.848. The highest BCUT2D eigenvalue weighted by atomic mass is 19.4. The molecule has 0 bridgehead atoms. The summed E-state index contributed by atoms with van der Waals surface area (Å²) in [7, 11) is 1.75. The Morgan fingerprint density at radius 3 is 2.80 bits per heavy atom. The first-order valence-corrected chi connectivity index (χ1v) is 7.81. The molecule has 1 N–H and O–H groups in total. The third kappa shape index (κ3) is 3.84. The molecule has 0 saturated heterocycles. The Balaban J connectivity index is 1.69. The second-order valence-corrected chi connectivity index (χ2v) is 6.01. The number of nitrogens with zero attached hydrogens (tertiary/aromatic N) is 5. The average molecular weight is 357 g/mol. The summed E-state index contributed by atoms with van der Waals surface area (Å²) in [4.78, 5) is 17.4. The van der Waals surface area contributed by atoms with Gasteiger partial charge in [0, 0.05) is 32.4 Å². The monoisotopic (exact) mass is 357 g/mol. The predicted molar refractivity (Wildman–Crippen MR) is 80.2 cm³/mol. The molecule has 0 radical (unpaired) electrons. The number of aryl methyl sites for hydroxylation is 1. The van der Waals surface area contributed by atoms with E-state index in [2.05, 4.69) is 10.1 Å². The van der Waals surface area contributed by atoms with Crippen LogP contribution < -0.4 is 0 Å². The van der Waals surface area contributed by atoms with Gasteiger partial charge in [-0.2, -0.15) is 18.3 Å². The third-order valence-electron chi connectivity index (χ3n) is 4.18. The van der Waals surface area contributed by atoms with Gasteiger partial charge in [-0.1, -0.05) is 0 Å².